The van der Waals surface area contributed by atoms with Crippen molar-refractivity contribution in [2.24, 2.45) is 0 Å². The van der Waals surface area contributed by atoms with Crippen molar-refractivity contribution in [3.05, 3.63) is 248 Å². The van der Waals surface area contributed by atoms with Gasteiger partial charge in [-0.25, -0.2) is 15.0 Å². The van der Waals surface area contributed by atoms with Crippen LogP contribution in [0.15, 0.2) is 243 Å². The molecule has 0 aliphatic carbocycles. The second kappa shape index (κ2) is 17.2. The molecular weight excluding hydrogens is 825 g/mol. The van der Waals surface area contributed by atoms with E-state index in [9.17, 15) is 5.26 Å². The van der Waals surface area contributed by atoms with Crippen LogP contribution in [0.4, 0.5) is 0 Å². The molecule has 11 aromatic carbocycles. The molecule has 0 fully saturated rings. The van der Waals surface area contributed by atoms with E-state index in [4.69, 9.17) is 15.0 Å². The quantitative estimate of drug-likeness (QED) is 0.143. The first-order valence-corrected chi connectivity index (χ1v) is 22.8. The van der Waals surface area contributed by atoms with Gasteiger partial charge in [-0.2, -0.15) is 5.26 Å². The van der Waals surface area contributed by atoms with E-state index >= 15 is 0 Å². The molecule has 4 nitrogen and oxygen atoms in total. The highest BCUT2D eigenvalue weighted by Crippen LogP contribution is 2.39. The van der Waals surface area contributed by atoms with E-state index in [-0.39, 0.29) is 0 Å². The van der Waals surface area contributed by atoms with Gasteiger partial charge in [0.05, 0.1) is 11.6 Å². The smallest absolute Gasteiger partial charge is 0.164 e. The third-order valence-corrected chi connectivity index (χ3v) is 12.9. The van der Waals surface area contributed by atoms with Crippen LogP contribution >= 0.6 is 0 Å². The van der Waals surface area contributed by atoms with Crippen molar-refractivity contribution in [3.63, 3.8) is 0 Å². The third-order valence-electron chi connectivity index (χ3n) is 12.9. The van der Waals surface area contributed by atoms with Crippen molar-refractivity contribution in [1.29, 1.82) is 5.26 Å². The molecule has 68 heavy (non-hydrogen) atoms. The maximum absolute atomic E-state index is 10.3. The van der Waals surface area contributed by atoms with Gasteiger partial charge in [0.15, 0.2) is 17.5 Å². The standard InChI is InChI=1S/C64H40N4/c65-41-42-33-54(39-55(34-42)49-23-13-24-50(37-49)61-40-51-19-6-7-26-56(51)58-28-9-10-29-59(58)61)48-22-12-20-46(35-48)47-21-14-25-53(38-47)63-66-62(44-16-2-1-3-17-44)67-64(68-63)60-30-11-8-27-57(60)52-32-31-43-15-4-5-18-45(43)36-52/h1-40H. The third kappa shape index (κ3) is 7.64. The van der Waals surface area contributed by atoms with Gasteiger partial charge in [-0.3, -0.25) is 0 Å². The first-order chi connectivity index (χ1) is 33.6. The monoisotopic (exact) mass is 864 g/mol. The molecule has 0 N–H and O–H groups in total. The first kappa shape index (κ1) is 40.2. The summed E-state index contributed by atoms with van der Waals surface area (Å²) < 4.78 is 0. The van der Waals surface area contributed by atoms with Gasteiger partial charge in [0, 0.05) is 16.7 Å². The van der Waals surface area contributed by atoms with Crippen LogP contribution < -0.4 is 0 Å². The molecule has 1 aromatic heterocycles. The summed E-state index contributed by atoms with van der Waals surface area (Å²) >= 11 is 0. The van der Waals surface area contributed by atoms with Gasteiger partial charge >= 0.3 is 0 Å². The van der Waals surface area contributed by atoms with Crippen molar-refractivity contribution < 1.29 is 0 Å². The summed E-state index contributed by atoms with van der Waals surface area (Å²) in [5.74, 6) is 1.80. The number of nitrogens with zero attached hydrogens (tertiary/aromatic N) is 4. The number of rotatable bonds is 8. The molecule has 0 amide bonds. The zero-order chi connectivity index (χ0) is 45.4. The van der Waals surface area contributed by atoms with E-state index < -0.39 is 0 Å². The Bertz CT molecular complexity index is 3940. The Morgan fingerprint density at radius 2 is 0.721 bits per heavy atom. The van der Waals surface area contributed by atoms with Crippen LogP contribution in [0.2, 0.25) is 0 Å². The number of hydrogen-bond acceptors (Lipinski definition) is 4. The lowest BCUT2D eigenvalue weighted by Gasteiger charge is -2.14. The molecule has 0 saturated carbocycles. The van der Waals surface area contributed by atoms with Crippen LogP contribution in [0.1, 0.15) is 5.56 Å². The van der Waals surface area contributed by atoms with E-state index in [0.717, 1.165) is 66.8 Å². The minimum atomic E-state index is 0.588. The zero-order valence-corrected chi connectivity index (χ0v) is 36.9. The lowest BCUT2D eigenvalue weighted by Crippen LogP contribution is -2.01. The Balaban J connectivity index is 0.914. The Morgan fingerprint density at radius 3 is 1.44 bits per heavy atom. The average Bonchev–Trinajstić information content (AvgIpc) is 3.42. The van der Waals surface area contributed by atoms with Crippen LogP contribution in [0.5, 0.6) is 0 Å². The second-order valence-electron chi connectivity index (χ2n) is 17.1. The van der Waals surface area contributed by atoms with Crippen LogP contribution in [0.3, 0.4) is 0 Å². The molecule has 0 radical (unpaired) electrons. The van der Waals surface area contributed by atoms with Crippen molar-refractivity contribution in [2.45, 2.75) is 0 Å². The summed E-state index contributed by atoms with van der Waals surface area (Å²) in [6.07, 6.45) is 0. The lowest BCUT2D eigenvalue weighted by atomic mass is 9.90. The van der Waals surface area contributed by atoms with E-state index in [0.29, 0.717) is 23.0 Å². The molecule has 0 atom stereocenters. The second-order valence-corrected chi connectivity index (χ2v) is 17.1. The summed E-state index contributed by atoms with van der Waals surface area (Å²) in [6.45, 7) is 0. The summed E-state index contributed by atoms with van der Waals surface area (Å²) in [4.78, 5) is 15.4. The Labute approximate surface area is 394 Å². The summed E-state index contributed by atoms with van der Waals surface area (Å²) in [5, 5.41) is 17.6. The molecule has 12 aromatic rings. The molecule has 4 heteroatoms. The SMILES string of the molecule is N#Cc1cc(-c2cccc(-c3cccc(-c4nc(-c5ccccc5)nc(-c5ccccc5-c5ccc6ccccc6c5)n4)c3)c2)cc(-c2cccc(-c3cc4ccccc4c4ccccc34)c2)c1. The number of nitriles is 1. The number of aromatic nitrogens is 3. The fraction of sp³-hybridized carbons (Fsp3) is 0. The van der Waals surface area contributed by atoms with Crippen LogP contribution in [-0.4, -0.2) is 15.0 Å². The van der Waals surface area contributed by atoms with Crippen LogP contribution in [-0.2, 0) is 0 Å². The fourth-order valence-corrected chi connectivity index (χ4v) is 9.53. The molecule has 0 saturated heterocycles. The van der Waals surface area contributed by atoms with E-state index in [2.05, 4.69) is 200 Å². The molecule has 12 rings (SSSR count). The van der Waals surface area contributed by atoms with Gasteiger partial charge in [-0.05, 0) is 136 Å². The molecule has 0 unspecified atom stereocenters. The summed E-state index contributed by atoms with van der Waals surface area (Å²) in [5.41, 5.74) is 13.9. The Hall–Kier alpha value is -9.30. The highest BCUT2D eigenvalue weighted by Gasteiger charge is 2.17. The summed E-state index contributed by atoms with van der Waals surface area (Å²) in [7, 11) is 0. The minimum Gasteiger partial charge on any atom is -0.208 e. The first-order valence-electron chi connectivity index (χ1n) is 22.8. The number of hydrogen-bond donors (Lipinski definition) is 0. The predicted octanol–water partition coefficient (Wildman–Crippen LogP) is 16.5. The molecule has 0 bridgehead atoms. The van der Waals surface area contributed by atoms with Crippen LogP contribution in [0.25, 0.3) is 122 Å². The summed E-state index contributed by atoms with van der Waals surface area (Å²) in [6, 6.07) is 87.1. The zero-order valence-electron chi connectivity index (χ0n) is 36.9. The largest absolute Gasteiger partial charge is 0.208 e. The van der Waals surface area contributed by atoms with Crippen LogP contribution in [0, 0.1) is 11.3 Å². The molecule has 0 aliphatic heterocycles. The molecule has 316 valence electrons. The minimum absolute atomic E-state index is 0.588. The topological polar surface area (TPSA) is 62.5 Å². The fourth-order valence-electron chi connectivity index (χ4n) is 9.53. The van der Waals surface area contributed by atoms with E-state index in [1.165, 1.54) is 37.9 Å². The Kier molecular flexibility index (Phi) is 10.2. The van der Waals surface area contributed by atoms with Gasteiger partial charge in [0.2, 0.25) is 0 Å². The average molecular weight is 865 g/mol. The predicted molar refractivity (Wildman–Crippen MR) is 281 cm³/mol. The molecule has 1 heterocycles. The van der Waals surface area contributed by atoms with E-state index in [1.54, 1.807) is 0 Å². The maximum Gasteiger partial charge on any atom is 0.164 e. The van der Waals surface area contributed by atoms with Crippen molar-refractivity contribution in [2.75, 3.05) is 0 Å². The lowest BCUT2D eigenvalue weighted by molar-refractivity contribution is 1.07. The highest BCUT2D eigenvalue weighted by atomic mass is 15.0. The van der Waals surface area contributed by atoms with Crippen molar-refractivity contribution in [3.8, 4) is 95.9 Å². The van der Waals surface area contributed by atoms with Gasteiger partial charge < -0.3 is 0 Å². The Morgan fingerprint density at radius 1 is 0.250 bits per heavy atom. The highest BCUT2D eigenvalue weighted by molar-refractivity contribution is 6.14. The van der Waals surface area contributed by atoms with Gasteiger partial charge in [0.1, 0.15) is 0 Å². The molecule has 0 aliphatic rings. The maximum atomic E-state index is 10.3. The van der Waals surface area contributed by atoms with Gasteiger partial charge in [0.25, 0.3) is 0 Å². The number of fused-ring (bicyclic) bond motifs is 4. The van der Waals surface area contributed by atoms with Crippen molar-refractivity contribution in [1.82, 2.24) is 15.0 Å². The van der Waals surface area contributed by atoms with E-state index in [1.807, 2.05) is 48.5 Å². The van der Waals surface area contributed by atoms with Gasteiger partial charge in [-0.15, -0.1) is 0 Å². The number of benzene rings is 11. The van der Waals surface area contributed by atoms with Crippen molar-refractivity contribution >= 4 is 32.3 Å². The van der Waals surface area contributed by atoms with Gasteiger partial charge in [-0.1, -0.05) is 194 Å². The molecule has 0 spiro atoms. The normalized spacial score (nSPS) is 11.2. The molecular formula is C64H40N4.